The van der Waals surface area contributed by atoms with E-state index >= 15 is 0 Å². The van der Waals surface area contributed by atoms with Gasteiger partial charge in [-0.15, -0.1) is 0 Å². The highest BCUT2D eigenvalue weighted by Gasteiger charge is 2.08. The molecule has 3 nitrogen and oxygen atoms in total. The van der Waals surface area contributed by atoms with Gasteiger partial charge in [-0.25, -0.2) is 0 Å². The van der Waals surface area contributed by atoms with Crippen LogP contribution in [-0.4, -0.2) is 63.2 Å². The van der Waals surface area contributed by atoms with Crippen LogP contribution in [0.15, 0.2) is 12.3 Å². The summed E-state index contributed by atoms with van der Waals surface area (Å²) >= 11 is 0. The Labute approximate surface area is 76.2 Å². The van der Waals surface area contributed by atoms with Gasteiger partial charge in [0.1, 0.15) is 0 Å². The lowest BCUT2D eigenvalue weighted by Gasteiger charge is -2.27. The molecule has 0 aromatic carbocycles. The third-order valence-electron chi connectivity index (χ3n) is 1.61. The van der Waals surface area contributed by atoms with Crippen LogP contribution in [0.4, 0.5) is 0 Å². The standard InChI is InChI=1S/C9H21N3/c1-10(2)8-7-9(11(3)4)12(5)6/h7-9H,1-6H3. The van der Waals surface area contributed by atoms with Gasteiger partial charge in [-0.2, -0.15) is 0 Å². The second kappa shape index (κ2) is 5.17. The number of hydrogen-bond acceptors (Lipinski definition) is 3. The van der Waals surface area contributed by atoms with Crippen molar-refractivity contribution in [1.29, 1.82) is 0 Å². The molecule has 0 amide bonds. The molecule has 0 aromatic rings. The Morgan fingerprint density at radius 2 is 1.25 bits per heavy atom. The average molecular weight is 171 g/mol. The molecule has 0 saturated heterocycles. The largest absolute Gasteiger partial charge is 0.384 e. The van der Waals surface area contributed by atoms with E-state index in [1.165, 1.54) is 0 Å². The maximum absolute atomic E-state index is 2.17. The van der Waals surface area contributed by atoms with Crippen LogP contribution in [0.2, 0.25) is 0 Å². The van der Waals surface area contributed by atoms with Gasteiger partial charge in [-0.3, -0.25) is 9.80 Å². The summed E-state index contributed by atoms with van der Waals surface area (Å²) in [6, 6.07) is 0. The third-order valence-corrected chi connectivity index (χ3v) is 1.61. The predicted octanol–water partition coefficient (Wildman–Crippen LogP) is 0.511. The lowest BCUT2D eigenvalue weighted by molar-refractivity contribution is 0.172. The maximum atomic E-state index is 2.17. The highest BCUT2D eigenvalue weighted by Crippen LogP contribution is 1.98. The molecule has 0 unspecified atom stereocenters. The van der Waals surface area contributed by atoms with Crippen molar-refractivity contribution in [3.8, 4) is 0 Å². The molecular formula is C9H21N3. The zero-order valence-corrected chi connectivity index (χ0v) is 9.07. The molecule has 12 heavy (non-hydrogen) atoms. The van der Waals surface area contributed by atoms with Crippen LogP contribution in [0.3, 0.4) is 0 Å². The normalized spacial score (nSPS) is 12.4. The van der Waals surface area contributed by atoms with Crippen LogP contribution in [0, 0.1) is 0 Å². The molecule has 72 valence electrons. The van der Waals surface area contributed by atoms with E-state index in [0.29, 0.717) is 6.17 Å². The van der Waals surface area contributed by atoms with Crippen molar-refractivity contribution < 1.29 is 0 Å². The minimum atomic E-state index is 0.368. The first kappa shape index (κ1) is 11.5. The molecule has 0 saturated carbocycles. The summed E-state index contributed by atoms with van der Waals surface area (Å²) in [7, 11) is 12.3. The Morgan fingerprint density at radius 1 is 0.833 bits per heavy atom. The first-order valence-electron chi connectivity index (χ1n) is 4.12. The van der Waals surface area contributed by atoms with E-state index in [-0.39, 0.29) is 0 Å². The molecule has 0 aromatic heterocycles. The summed E-state index contributed by atoms with van der Waals surface area (Å²) in [4.78, 5) is 6.38. The van der Waals surface area contributed by atoms with E-state index in [2.05, 4.69) is 50.3 Å². The molecule has 0 N–H and O–H groups in total. The fraction of sp³-hybridized carbons (Fsp3) is 0.778. The van der Waals surface area contributed by atoms with Crippen molar-refractivity contribution in [3.05, 3.63) is 12.3 Å². The second-order valence-corrected chi connectivity index (χ2v) is 3.65. The van der Waals surface area contributed by atoms with Gasteiger partial charge < -0.3 is 4.90 Å². The second-order valence-electron chi connectivity index (χ2n) is 3.65. The smallest absolute Gasteiger partial charge is 0.0822 e. The van der Waals surface area contributed by atoms with Crippen molar-refractivity contribution in [3.63, 3.8) is 0 Å². The number of nitrogens with zero attached hydrogens (tertiary/aromatic N) is 3. The van der Waals surface area contributed by atoms with E-state index < -0.39 is 0 Å². The Morgan fingerprint density at radius 3 is 1.50 bits per heavy atom. The highest BCUT2D eigenvalue weighted by atomic mass is 15.3. The lowest BCUT2D eigenvalue weighted by atomic mass is 10.4. The van der Waals surface area contributed by atoms with Crippen LogP contribution in [0.5, 0.6) is 0 Å². The zero-order valence-electron chi connectivity index (χ0n) is 9.07. The molecule has 0 aliphatic rings. The van der Waals surface area contributed by atoms with Gasteiger partial charge in [0.25, 0.3) is 0 Å². The summed E-state index contributed by atoms with van der Waals surface area (Å²) in [5.74, 6) is 0. The molecule has 3 heteroatoms. The molecule has 0 heterocycles. The molecule has 0 fully saturated rings. The van der Waals surface area contributed by atoms with Gasteiger partial charge in [-0.05, 0) is 40.5 Å². The Balaban J connectivity index is 4.14. The number of hydrogen-bond donors (Lipinski definition) is 0. The highest BCUT2D eigenvalue weighted by molar-refractivity contribution is 4.90. The Kier molecular flexibility index (Phi) is 4.93. The van der Waals surface area contributed by atoms with Crippen molar-refractivity contribution >= 4 is 0 Å². The summed E-state index contributed by atoms with van der Waals surface area (Å²) in [5, 5.41) is 0. The fourth-order valence-corrected chi connectivity index (χ4v) is 1.06. The van der Waals surface area contributed by atoms with Crippen LogP contribution in [0.25, 0.3) is 0 Å². The fourth-order valence-electron chi connectivity index (χ4n) is 1.06. The van der Waals surface area contributed by atoms with Gasteiger partial charge >= 0.3 is 0 Å². The van der Waals surface area contributed by atoms with E-state index in [1.54, 1.807) is 0 Å². The van der Waals surface area contributed by atoms with Crippen LogP contribution in [0.1, 0.15) is 0 Å². The monoisotopic (exact) mass is 171 g/mol. The quantitative estimate of drug-likeness (QED) is 0.571. The Bertz CT molecular complexity index is 131. The zero-order chi connectivity index (χ0) is 9.72. The SMILES string of the molecule is CN(C)C=CC(N(C)C)N(C)C. The van der Waals surface area contributed by atoms with E-state index in [0.717, 1.165) is 0 Å². The minimum Gasteiger partial charge on any atom is -0.384 e. The van der Waals surface area contributed by atoms with Crippen molar-refractivity contribution in [2.45, 2.75) is 6.17 Å². The van der Waals surface area contributed by atoms with Crippen molar-refractivity contribution in [2.75, 3.05) is 42.3 Å². The lowest BCUT2D eigenvalue weighted by Crippen LogP contribution is -2.39. The Hall–Kier alpha value is -0.540. The average Bonchev–Trinajstić information content (AvgIpc) is 1.84. The summed E-state index contributed by atoms with van der Waals surface area (Å²) in [6.07, 6.45) is 4.61. The van der Waals surface area contributed by atoms with Gasteiger partial charge in [0.15, 0.2) is 0 Å². The first-order valence-corrected chi connectivity index (χ1v) is 4.12. The predicted molar refractivity (Wildman–Crippen MR) is 54.0 cm³/mol. The third kappa shape index (κ3) is 4.36. The molecule has 0 aliphatic carbocycles. The van der Waals surface area contributed by atoms with E-state index in [4.69, 9.17) is 0 Å². The summed E-state index contributed by atoms with van der Waals surface area (Å²) < 4.78 is 0. The molecule has 0 bridgehead atoms. The molecule has 0 aliphatic heterocycles. The first-order chi connectivity index (χ1) is 5.45. The van der Waals surface area contributed by atoms with Gasteiger partial charge in [0, 0.05) is 14.1 Å². The topological polar surface area (TPSA) is 9.72 Å². The van der Waals surface area contributed by atoms with E-state index in [1.807, 2.05) is 19.0 Å². The van der Waals surface area contributed by atoms with Crippen LogP contribution >= 0.6 is 0 Å². The number of rotatable bonds is 4. The van der Waals surface area contributed by atoms with Crippen molar-refractivity contribution in [1.82, 2.24) is 14.7 Å². The van der Waals surface area contributed by atoms with E-state index in [9.17, 15) is 0 Å². The van der Waals surface area contributed by atoms with Gasteiger partial charge in [0.2, 0.25) is 0 Å². The molecule has 0 radical (unpaired) electrons. The maximum Gasteiger partial charge on any atom is 0.0822 e. The van der Waals surface area contributed by atoms with Gasteiger partial charge in [-0.1, -0.05) is 0 Å². The molecule has 0 atom stereocenters. The number of likely N-dealkylation sites (N-methyl/N-ethyl adjacent to an activating group) is 2. The van der Waals surface area contributed by atoms with Gasteiger partial charge in [0.05, 0.1) is 6.17 Å². The molecule has 0 spiro atoms. The summed E-state index contributed by atoms with van der Waals surface area (Å²) in [6.45, 7) is 0. The van der Waals surface area contributed by atoms with Crippen molar-refractivity contribution in [2.24, 2.45) is 0 Å². The summed E-state index contributed by atoms with van der Waals surface area (Å²) in [5.41, 5.74) is 0. The molecular weight excluding hydrogens is 150 g/mol. The molecule has 0 rings (SSSR count). The minimum absolute atomic E-state index is 0.368. The van der Waals surface area contributed by atoms with Crippen LogP contribution in [-0.2, 0) is 0 Å². The van der Waals surface area contributed by atoms with Crippen LogP contribution < -0.4 is 0 Å².